The van der Waals surface area contributed by atoms with Crippen LogP contribution in [0.2, 0.25) is 0 Å². The van der Waals surface area contributed by atoms with Crippen LogP contribution >= 0.6 is 0 Å². The monoisotopic (exact) mass is 295 g/mol. The van der Waals surface area contributed by atoms with Crippen LogP contribution in [0, 0.1) is 0 Å². The van der Waals surface area contributed by atoms with Crippen molar-refractivity contribution in [2.45, 2.75) is 6.92 Å². The summed E-state index contributed by atoms with van der Waals surface area (Å²) in [6.45, 7) is 2.94. The van der Waals surface area contributed by atoms with Gasteiger partial charge in [0, 0.05) is 13.7 Å². The highest BCUT2D eigenvalue weighted by Crippen LogP contribution is 2.23. The van der Waals surface area contributed by atoms with Crippen molar-refractivity contribution in [3.8, 4) is 0 Å². The SMILES string of the molecule is CCOC(=O)c1cccc(NCC(=O)NCCOC)c1N. The Kier molecular flexibility index (Phi) is 7.03. The normalized spacial score (nSPS) is 10.0. The Morgan fingerprint density at radius 3 is 2.76 bits per heavy atom. The maximum Gasteiger partial charge on any atom is 0.340 e. The second kappa shape index (κ2) is 8.80. The molecule has 0 fully saturated rings. The largest absolute Gasteiger partial charge is 0.462 e. The molecule has 0 unspecified atom stereocenters. The van der Waals surface area contributed by atoms with Crippen molar-refractivity contribution in [1.29, 1.82) is 0 Å². The van der Waals surface area contributed by atoms with Crippen molar-refractivity contribution in [2.24, 2.45) is 0 Å². The fraction of sp³-hybridized carbons (Fsp3) is 0.429. The number of nitrogens with one attached hydrogen (secondary N) is 2. The Morgan fingerprint density at radius 1 is 1.33 bits per heavy atom. The molecule has 0 saturated carbocycles. The van der Waals surface area contributed by atoms with Gasteiger partial charge in [0.05, 0.1) is 36.7 Å². The molecule has 7 heteroatoms. The van der Waals surface area contributed by atoms with Gasteiger partial charge < -0.3 is 25.8 Å². The van der Waals surface area contributed by atoms with Gasteiger partial charge >= 0.3 is 5.97 Å². The molecule has 0 aliphatic rings. The number of nitrogen functional groups attached to an aromatic ring is 1. The predicted octanol–water partition coefficient (Wildman–Crippen LogP) is 0.620. The number of methoxy groups -OCH3 is 1. The molecule has 0 spiro atoms. The van der Waals surface area contributed by atoms with E-state index < -0.39 is 5.97 Å². The molecule has 4 N–H and O–H groups in total. The number of esters is 1. The minimum atomic E-state index is -0.483. The lowest BCUT2D eigenvalue weighted by molar-refractivity contribution is -0.119. The van der Waals surface area contributed by atoms with Gasteiger partial charge in [-0.3, -0.25) is 4.79 Å². The summed E-state index contributed by atoms with van der Waals surface area (Å²) in [5.74, 6) is -0.670. The quantitative estimate of drug-likeness (QED) is 0.369. The molecular weight excluding hydrogens is 274 g/mol. The van der Waals surface area contributed by atoms with Crippen molar-refractivity contribution >= 4 is 23.3 Å². The summed E-state index contributed by atoms with van der Waals surface area (Å²) in [5, 5.41) is 5.56. The lowest BCUT2D eigenvalue weighted by Gasteiger charge is -2.12. The molecule has 1 amide bonds. The minimum Gasteiger partial charge on any atom is -0.462 e. The number of carbonyl (C=O) groups excluding carboxylic acids is 2. The van der Waals surface area contributed by atoms with E-state index in [1.807, 2.05) is 0 Å². The van der Waals surface area contributed by atoms with Crippen molar-refractivity contribution in [1.82, 2.24) is 5.32 Å². The summed E-state index contributed by atoms with van der Waals surface area (Å²) >= 11 is 0. The highest BCUT2D eigenvalue weighted by atomic mass is 16.5. The third-order valence-corrected chi connectivity index (χ3v) is 2.67. The summed E-state index contributed by atoms with van der Waals surface area (Å²) in [6, 6.07) is 4.95. The number of carbonyl (C=O) groups is 2. The fourth-order valence-electron chi connectivity index (χ4n) is 1.64. The van der Waals surface area contributed by atoms with Crippen LogP contribution in [0.1, 0.15) is 17.3 Å². The zero-order valence-corrected chi connectivity index (χ0v) is 12.3. The van der Waals surface area contributed by atoms with E-state index in [0.29, 0.717) is 18.8 Å². The highest BCUT2D eigenvalue weighted by Gasteiger charge is 2.13. The second-order valence-electron chi connectivity index (χ2n) is 4.18. The van der Waals surface area contributed by atoms with Crippen LogP contribution in [-0.4, -0.2) is 45.3 Å². The second-order valence-corrected chi connectivity index (χ2v) is 4.18. The minimum absolute atomic E-state index is 0.0557. The smallest absolute Gasteiger partial charge is 0.340 e. The number of ether oxygens (including phenoxy) is 2. The molecule has 0 radical (unpaired) electrons. The van der Waals surface area contributed by atoms with Crippen LogP contribution in [-0.2, 0) is 14.3 Å². The molecule has 1 rings (SSSR count). The van der Waals surface area contributed by atoms with E-state index in [4.69, 9.17) is 15.2 Å². The first kappa shape index (κ1) is 16.8. The molecule has 0 aliphatic carbocycles. The maximum atomic E-state index is 11.7. The molecule has 0 bridgehead atoms. The standard InChI is InChI=1S/C14H21N3O4/c1-3-21-14(19)10-5-4-6-11(13(10)15)17-9-12(18)16-7-8-20-2/h4-6,17H,3,7-9,15H2,1-2H3,(H,16,18). The van der Waals surface area contributed by atoms with Crippen molar-refractivity contribution in [3.63, 3.8) is 0 Å². The van der Waals surface area contributed by atoms with Gasteiger partial charge in [-0.15, -0.1) is 0 Å². The first-order valence-electron chi connectivity index (χ1n) is 6.65. The van der Waals surface area contributed by atoms with Crippen LogP contribution in [0.15, 0.2) is 18.2 Å². The first-order valence-corrected chi connectivity index (χ1v) is 6.65. The lowest BCUT2D eigenvalue weighted by Crippen LogP contribution is -2.32. The van der Waals surface area contributed by atoms with Gasteiger partial charge in [-0.2, -0.15) is 0 Å². The molecular formula is C14H21N3O4. The molecule has 0 saturated heterocycles. The molecule has 21 heavy (non-hydrogen) atoms. The van der Waals surface area contributed by atoms with Crippen LogP contribution in [0.4, 0.5) is 11.4 Å². The van der Waals surface area contributed by atoms with E-state index in [-0.39, 0.29) is 30.3 Å². The zero-order valence-electron chi connectivity index (χ0n) is 12.3. The van der Waals surface area contributed by atoms with Gasteiger partial charge in [-0.25, -0.2) is 4.79 Å². The van der Waals surface area contributed by atoms with Gasteiger partial charge in [0.25, 0.3) is 0 Å². The number of amides is 1. The van der Waals surface area contributed by atoms with Gasteiger partial charge in [0.2, 0.25) is 5.91 Å². The van der Waals surface area contributed by atoms with Gasteiger partial charge in [0.15, 0.2) is 0 Å². The van der Waals surface area contributed by atoms with Crippen LogP contribution in [0.5, 0.6) is 0 Å². The average molecular weight is 295 g/mol. The molecule has 7 nitrogen and oxygen atoms in total. The number of para-hydroxylation sites is 1. The Balaban J connectivity index is 2.61. The average Bonchev–Trinajstić information content (AvgIpc) is 2.46. The lowest BCUT2D eigenvalue weighted by atomic mass is 10.1. The Hall–Kier alpha value is -2.28. The number of nitrogens with two attached hydrogens (primary N) is 1. The summed E-state index contributed by atoms with van der Waals surface area (Å²) in [4.78, 5) is 23.3. The summed E-state index contributed by atoms with van der Waals surface area (Å²) in [5.41, 5.74) is 6.97. The molecule has 0 aromatic heterocycles. The number of rotatable bonds is 8. The molecule has 1 aromatic rings. The first-order chi connectivity index (χ1) is 10.1. The fourth-order valence-corrected chi connectivity index (χ4v) is 1.64. The molecule has 116 valence electrons. The van der Waals surface area contributed by atoms with Crippen molar-refractivity contribution < 1.29 is 19.1 Å². The van der Waals surface area contributed by atoms with E-state index in [2.05, 4.69) is 10.6 Å². The summed E-state index contributed by atoms with van der Waals surface area (Å²) in [6.07, 6.45) is 0. The van der Waals surface area contributed by atoms with Crippen molar-refractivity contribution in [3.05, 3.63) is 23.8 Å². The van der Waals surface area contributed by atoms with Crippen LogP contribution < -0.4 is 16.4 Å². The van der Waals surface area contributed by atoms with E-state index >= 15 is 0 Å². The Morgan fingerprint density at radius 2 is 2.10 bits per heavy atom. The third kappa shape index (κ3) is 5.31. The van der Waals surface area contributed by atoms with Gasteiger partial charge in [-0.1, -0.05) is 6.07 Å². The van der Waals surface area contributed by atoms with Gasteiger partial charge in [-0.05, 0) is 19.1 Å². The maximum absolute atomic E-state index is 11.7. The number of hydrogen-bond acceptors (Lipinski definition) is 6. The van der Waals surface area contributed by atoms with Crippen LogP contribution in [0.25, 0.3) is 0 Å². The predicted molar refractivity (Wildman–Crippen MR) is 80.2 cm³/mol. The van der Waals surface area contributed by atoms with Crippen molar-refractivity contribution in [2.75, 3.05) is 44.5 Å². The molecule has 0 atom stereocenters. The number of hydrogen-bond donors (Lipinski definition) is 3. The van der Waals surface area contributed by atoms with E-state index in [1.165, 1.54) is 0 Å². The number of benzene rings is 1. The third-order valence-electron chi connectivity index (χ3n) is 2.67. The van der Waals surface area contributed by atoms with E-state index in [0.717, 1.165) is 0 Å². The van der Waals surface area contributed by atoms with Crippen LogP contribution in [0.3, 0.4) is 0 Å². The molecule has 0 aliphatic heterocycles. The Bertz CT molecular complexity index is 491. The van der Waals surface area contributed by atoms with Gasteiger partial charge in [0.1, 0.15) is 0 Å². The highest BCUT2D eigenvalue weighted by molar-refractivity contribution is 5.98. The zero-order chi connectivity index (χ0) is 15.7. The summed E-state index contributed by atoms with van der Waals surface area (Å²) in [7, 11) is 1.56. The Labute approximate surface area is 123 Å². The summed E-state index contributed by atoms with van der Waals surface area (Å²) < 4.78 is 9.75. The van der Waals surface area contributed by atoms with E-state index in [1.54, 1.807) is 32.2 Å². The topological polar surface area (TPSA) is 103 Å². The molecule has 1 aromatic carbocycles. The number of anilines is 2. The molecule has 0 heterocycles. The van der Waals surface area contributed by atoms with E-state index in [9.17, 15) is 9.59 Å².